The molecule has 0 spiro atoms. The summed E-state index contributed by atoms with van der Waals surface area (Å²) < 4.78 is 11.2. The molecule has 1 aromatic rings. The van der Waals surface area contributed by atoms with Crippen LogP contribution < -0.4 is 0 Å². The van der Waals surface area contributed by atoms with Gasteiger partial charge in [-0.1, -0.05) is 0 Å². The Morgan fingerprint density at radius 3 is 2.50 bits per heavy atom. The van der Waals surface area contributed by atoms with E-state index in [0.29, 0.717) is 0 Å². The predicted molar refractivity (Wildman–Crippen MR) is 41.4 cm³/mol. The summed E-state index contributed by atoms with van der Waals surface area (Å²) in [6.07, 6.45) is 0.997. The first-order valence-corrected chi connectivity index (χ1v) is 6.51. The second-order valence-corrected chi connectivity index (χ2v) is 4.38. The SMILES string of the molecule is [O]=[Sn][CH2]Cc1ccccc1. The number of hydrogen-bond donors (Lipinski definition) is 0. The van der Waals surface area contributed by atoms with Crippen LogP contribution in [0.15, 0.2) is 30.3 Å². The minimum atomic E-state index is -1.21. The zero-order valence-corrected chi connectivity index (χ0v) is 8.56. The van der Waals surface area contributed by atoms with Gasteiger partial charge in [-0.2, -0.15) is 0 Å². The average Bonchev–Trinajstić information content (AvgIpc) is 2.03. The fourth-order valence-electron chi connectivity index (χ4n) is 0.840. The summed E-state index contributed by atoms with van der Waals surface area (Å²) in [6.45, 7) is 0. The zero-order valence-electron chi connectivity index (χ0n) is 5.71. The van der Waals surface area contributed by atoms with Crippen molar-refractivity contribution in [2.45, 2.75) is 10.9 Å². The van der Waals surface area contributed by atoms with Crippen molar-refractivity contribution >= 4 is 21.1 Å². The van der Waals surface area contributed by atoms with Crippen molar-refractivity contribution in [2.24, 2.45) is 0 Å². The topological polar surface area (TPSA) is 17.1 Å². The summed E-state index contributed by atoms with van der Waals surface area (Å²) in [7, 11) is 0. The molecule has 0 fully saturated rings. The van der Waals surface area contributed by atoms with Crippen molar-refractivity contribution in [3.63, 3.8) is 0 Å². The quantitative estimate of drug-likeness (QED) is 0.734. The van der Waals surface area contributed by atoms with Gasteiger partial charge in [-0.15, -0.1) is 0 Å². The van der Waals surface area contributed by atoms with E-state index in [1.807, 2.05) is 18.2 Å². The maximum atomic E-state index is 10.3. The Kier molecular flexibility index (Phi) is 3.65. The number of benzene rings is 1. The third-order valence-corrected chi connectivity index (χ3v) is 2.65. The van der Waals surface area contributed by atoms with Crippen molar-refractivity contribution in [1.82, 2.24) is 0 Å². The predicted octanol–water partition coefficient (Wildman–Crippen LogP) is 1.70. The molecule has 1 rings (SSSR count). The summed E-state index contributed by atoms with van der Waals surface area (Å²) in [5.41, 5.74) is 1.30. The van der Waals surface area contributed by atoms with E-state index in [1.165, 1.54) is 5.56 Å². The molecule has 0 aliphatic rings. The summed E-state index contributed by atoms with van der Waals surface area (Å²) in [6, 6.07) is 10.2. The summed E-state index contributed by atoms with van der Waals surface area (Å²) in [5, 5.41) is 0. The third-order valence-electron chi connectivity index (χ3n) is 1.36. The molecule has 0 aliphatic carbocycles. The summed E-state index contributed by atoms with van der Waals surface area (Å²) in [5.74, 6) is 0. The third kappa shape index (κ3) is 2.60. The van der Waals surface area contributed by atoms with Crippen LogP contribution in [0.1, 0.15) is 5.56 Å². The van der Waals surface area contributed by atoms with Gasteiger partial charge in [0.15, 0.2) is 0 Å². The van der Waals surface area contributed by atoms with Crippen molar-refractivity contribution < 1.29 is 3.08 Å². The first kappa shape index (κ1) is 7.92. The first-order valence-electron chi connectivity index (χ1n) is 3.32. The van der Waals surface area contributed by atoms with E-state index < -0.39 is 21.1 Å². The van der Waals surface area contributed by atoms with Gasteiger partial charge in [-0.3, -0.25) is 0 Å². The van der Waals surface area contributed by atoms with E-state index in [-0.39, 0.29) is 0 Å². The number of rotatable bonds is 3. The molecule has 1 nitrogen and oxygen atoms in total. The van der Waals surface area contributed by atoms with Gasteiger partial charge in [0.2, 0.25) is 0 Å². The summed E-state index contributed by atoms with van der Waals surface area (Å²) in [4.78, 5) is 0. The van der Waals surface area contributed by atoms with Crippen LogP contribution in [0.3, 0.4) is 0 Å². The standard InChI is InChI=1S/C8H9.O.Sn/c1-2-8-6-4-3-5-7-8;;/h3-7H,1-2H2;;. The van der Waals surface area contributed by atoms with Crippen LogP contribution in [0.2, 0.25) is 4.44 Å². The van der Waals surface area contributed by atoms with Crippen molar-refractivity contribution in [3.05, 3.63) is 35.9 Å². The molecule has 0 aromatic heterocycles. The molecular formula is C8H9OSn. The van der Waals surface area contributed by atoms with Gasteiger partial charge in [-0.05, 0) is 0 Å². The van der Waals surface area contributed by atoms with E-state index >= 15 is 0 Å². The fraction of sp³-hybridized carbons (Fsp3) is 0.250. The zero-order chi connectivity index (χ0) is 7.23. The first-order chi connectivity index (χ1) is 4.93. The molecule has 0 atom stereocenters. The minimum absolute atomic E-state index is 0.924. The molecule has 10 heavy (non-hydrogen) atoms. The van der Waals surface area contributed by atoms with E-state index in [4.69, 9.17) is 0 Å². The Bertz CT molecular complexity index is 196. The van der Waals surface area contributed by atoms with Gasteiger partial charge in [-0.25, -0.2) is 0 Å². The van der Waals surface area contributed by atoms with Gasteiger partial charge in [0.05, 0.1) is 0 Å². The molecule has 1 radical (unpaired) electrons. The summed E-state index contributed by atoms with van der Waals surface area (Å²) >= 11 is -1.21. The Morgan fingerprint density at radius 1 is 1.20 bits per heavy atom. The van der Waals surface area contributed by atoms with Gasteiger partial charge in [0, 0.05) is 0 Å². The molecule has 0 unspecified atom stereocenters. The van der Waals surface area contributed by atoms with Gasteiger partial charge >= 0.3 is 71.0 Å². The molecule has 0 heterocycles. The molecule has 0 bridgehead atoms. The molecule has 0 amide bonds. The van der Waals surface area contributed by atoms with Crippen LogP contribution >= 0.6 is 0 Å². The molecule has 2 heteroatoms. The van der Waals surface area contributed by atoms with Gasteiger partial charge in [0.1, 0.15) is 0 Å². The monoisotopic (exact) mass is 241 g/mol. The Labute approximate surface area is 71.1 Å². The molecule has 0 saturated carbocycles. The van der Waals surface area contributed by atoms with E-state index in [0.717, 1.165) is 10.9 Å². The van der Waals surface area contributed by atoms with Crippen LogP contribution in [0, 0.1) is 0 Å². The fourth-order valence-corrected chi connectivity index (χ4v) is 1.96. The van der Waals surface area contributed by atoms with Crippen LogP contribution in [0.4, 0.5) is 0 Å². The molecule has 1 aromatic carbocycles. The Hall–Kier alpha value is -0.181. The number of hydrogen-bond acceptors (Lipinski definition) is 1. The van der Waals surface area contributed by atoms with Crippen LogP contribution in [-0.4, -0.2) is 21.1 Å². The van der Waals surface area contributed by atoms with Crippen LogP contribution in [-0.2, 0) is 9.50 Å². The Balaban J connectivity index is 2.50. The average molecular weight is 240 g/mol. The van der Waals surface area contributed by atoms with Gasteiger partial charge < -0.3 is 0 Å². The molecule has 0 saturated heterocycles. The van der Waals surface area contributed by atoms with Crippen molar-refractivity contribution in [1.29, 1.82) is 0 Å². The molecule has 0 N–H and O–H groups in total. The normalized spacial score (nSPS) is 9.20. The molecule has 0 aliphatic heterocycles. The molecule has 51 valence electrons. The second-order valence-electron chi connectivity index (χ2n) is 2.13. The van der Waals surface area contributed by atoms with Crippen LogP contribution in [0.25, 0.3) is 0 Å². The Morgan fingerprint density at radius 2 is 1.90 bits per heavy atom. The number of aryl methyl sites for hydroxylation is 1. The second kappa shape index (κ2) is 4.61. The maximum absolute atomic E-state index is 10.3. The van der Waals surface area contributed by atoms with Crippen molar-refractivity contribution in [3.8, 4) is 0 Å². The van der Waals surface area contributed by atoms with Gasteiger partial charge in [0.25, 0.3) is 0 Å². The molecular weight excluding hydrogens is 231 g/mol. The van der Waals surface area contributed by atoms with Crippen molar-refractivity contribution in [2.75, 3.05) is 0 Å². The van der Waals surface area contributed by atoms with Crippen LogP contribution in [0.5, 0.6) is 0 Å². The van der Waals surface area contributed by atoms with E-state index in [1.54, 1.807) is 0 Å². The van der Waals surface area contributed by atoms with E-state index in [2.05, 4.69) is 12.1 Å². The van der Waals surface area contributed by atoms with E-state index in [9.17, 15) is 3.08 Å².